The lowest BCUT2D eigenvalue weighted by molar-refractivity contribution is 0.118. The molecule has 1 aliphatic carbocycles. The lowest BCUT2D eigenvalue weighted by atomic mass is 10.1. The van der Waals surface area contributed by atoms with Crippen LogP contribution in [0.4, 0.5) is 10.1 Å². The second-order valence-electron chi connectivity index (χ2n) is 5.94. The number of rotatable bonds is 5. The van der Waals surface area contributed by atoms with E-state index in [9.17, 15) is 4.39 Å². The molecule has 0 spiro atoms. The Morgan fingerprint density at radius 2 is 2.15 bits per heavy atom. The largest absolute Gasteiger partial charge is 0.376 e. The Labute approximate surface area is 120 Å². The minimum Gasteiger partial charge on any atom is -0.376 e. The Balaban J connectivity index is 1.81. The van der Waals surface area contributed by atoms with Crippen LogP contribution in [0.15, 0.2) is 18.2 Å². The average molecular weight is 278 g/mol. The molecule has 2 atom stereocenters. The van der Waals surface area contributed by atoms with Gasteiger partial charge in [-0.2, -0.15) is 0 Å². The normalized spacial score (nSPS) is 25.9. The molecule has 2 unspecified atom stereocenters. The molecular formula is C16H23FN2O. The van der Waals surface area contributed by atoms with Gasteiger partial charge in [0.05, 0.1) is 12.1 Å². The summed E-state index contributed by atoms with van der Waals surface area (Å²) in [5, 5.41) is 3.41. The van der Waals surface area contributed by atoms with E-state index in [-0.39, 0.29) is 11.9 Å². The maximum absolute atomic E-state index is 14.2. The molecule has 1 N–H and O–H groups in total. The van der Waals surface area contributed by atoms with E-state index in [2.05, 4.69) is 17.1 Å². The van der Waals surface area contributed by atoms with Crippen molar-refractivity contribution in [1.82, 2.24) is 5.32 Å². The fourth-order valence-electron chi connectivity index (χ4n) is 2.99. The van der Waals surface area contributed by atoms with Crippen LogP contribution in [0, 0.1) is 5.82 Å². The van der Waals surface area contributed by atoms with E-state index in [1.807, 2.05) is 13.1 Å². The second kappa shape index (κ2) is 5.70. The minimum absolute atomic E-state index is 0.117. The first-order valence-corrected chi connectivity index (χ1v) is 7.52. The number of hydrogen-bond donors (Lipinski definition) is 1. The minimum atomic E-state index is -0.117. The number of anilines is 1. The van der Waals surface area contributed by atoms with Crippen molar-refractivity contribution in [3.05, 3.63) is 29.6 Å². The van der Waals surface area contributed by atoms with Crippen LogP contribution >= 0.6 is 0 Å². The lowest BCUT2D eigenvalue weighted by Crippen LogP contribution is -2.37. The predicted octanol–water partition coefficient (Wildman–Crippen LogP) is 2.69. The van der Waals surface area contributed by atoms with E-state index in [0.29, 0.717) is 18.6 Å². The van der Waals surface area contributed by atoms with Gasteiger partial charge in [-0.25, -0.2) is 4.39 Å². The van der Waals surface area contributed by atoms with Crippen LogP contribution in [0.3, 0.4) is 0 Å². The number of ether oxygens (including phenoxy) is 1. The number of nitrogens with one attached hydrogen (secondary N) is 1. The first kappa shape index (κ1) is 13.8. The van der Waals surface area contributed by atoms with E-state index >= 15 is 0 Å². The van der Waals surface area contributed by atoms with Crippen LogP contribution in [0.25, 0.3) is 0 Å². The van der Waals surface area contributed by atoms with Gasteiger partial charge in [-0.15, -0.1) is 0 Å². The molecule has 3 rings (SSSR count). The third-order valence-corrected chi connectivity index (χ3v) is 4.45. The van der Waals surface area contributed by atoms with Crippen molar-refractivity contribution >= 4 is 5.69 Å². The Morgan fingerprint density at radius 3 is 2.80 bits per heavy atom. The molecular weight excluding hydrogens is 255 g/mol. The molecule has 0 amide bonds. The molecule has 110 valence electrons. The summed E-state index contributed by atoms with van der Waals surface area (Å²) in [6.07, 6.45) is 3.64. The summed E-state index contributed by atoms with van der Waals surface area (Å²) in [4.78, 5) is 2.19. The van der Waals surface area contributed by atoms with Gasteiger partial charge in [-0.1, -0.05) is 6.07 Å². The molecule has 2 aliphatic rings. The smallest absolute Gasteiger partial charge is 0.129 e. The number of nitrogens with zero attached hydrogens (tertiary/aromatic N) is 1. The monoisotopic (exact) mass is 278 g/mol. The van der Waals surface area contributed by atoms with Gasteiger partial charge in [-0.05, 0) is 38.3 Å². The Bertz CT molecular complexity index is 476. The molecule has 1 aromatic rings. The van der Waals surface area contributed by atoms with Gasteiger partial charge in [0.2, 0.25) is 0 Å². The second-order valence-corrected chi connectivity index (χ2v) is 5.94. The highest BCUT2D eigenvalue weighted by Crippen LogP contribution is 2.29. The lowest BCUT2D eigenvalue weighted by Gasteiger charge is -2.30. The van der Waals surface area contributed by atoms with Crippen LogP contribution in [0.5, 0.6) is 0 Å². The van der Waals surface area contributed by atoms with Crippen molar-refractivity contribution in [2.75, 3.05) is 18.6 Å². The summed E-state index contributed by atoms with van der Waals surface area (Å²) in [6, 6.07) is 6.27. The third kappa shape index (κ3) is 2.81. The maximum atomic E-state index is 14.2. The molecule has 20 heavy (non-hydrogen) atoms. The van der Waals surface area contributed by atoms with E-state index in [1.165, 1.54) is 12.8 Å². The van der Waals surface area contributed by atoms with E-state index in [0.717, 1.165) is 24.3 Å². The molecule has 1 aromatic carbocycles. The Kier molecular flexibility index (Phi) is 3.94. The molecule has 2 fully saturated rings. The first-order chi connectivity index (χ1) is 9.66. The molecule has 0 bridgehead atoms. The number of hydrogen-bond acceptors (Lipinski definition) is 3. The van der Waals surface area contributed by atoms with Gasteiger partial charge in [0.1, 0.15) is 5.82 Å². The molecule has 1 aliphatic heterocycles. The van der Waals surface area contributed by atoms with Crippen LogP contribution in [-0.4, -0.2) is 31.8 Å². The molecule has 1 heterocycles. The highest BCUT2D eigenvalue weighted by atomic mass is 19.1. The summed E-state index contributed by atoms with van der Waals surface area (Å²) in [5.74, 6) is -0.117. The Morgan fingerprint density at radius 1 is 1.35 bits per heavy atom. The first-order valence-electron chi connectivity index (χ1n) is 7.52. The topological polar surface area (TPSA) is 24.5 Å². The van der Waals surface area contributed by atoms with Crippen molar-refractivity contribution in [3.63, 3.8) is 0 Å². The molecule has 0 radical (unpaired) electrons. The highest BCUT2D eigenvalue weighted by Gasteiger charge is 2.30. The molecule has 0 aromatic heterocycles. The van der Waals surface area contributed by atoms with E-state index in [4.69, 9.17) is 4.74 Å². The van der Waals surface area contributed by atoms with Crippen LogP contribution in [0.1, 0.15) is 31.7 Å². The number of benzene rings is 1. The summed E-state index contributed by atoms with van der Waals surface area (Å²) < 4.78 is 19.8. The summed E-state index contributed by atoms with van der Waals surface area (Å²) >= 11 is 0. The van der Waals surface area contributed by atoms with E-state index < -0.39 is 0 Å². The van der Waals surface area contributed by atoms with Crippen molar-refractivity contribution in [3.8, 4) is 0 Å². The number of halogens is 1. The fraction of sp³-hybridized carbons (Fsp3) is 0.625. The zero-order chi connectivity index (χ0) is 14.1. The molecule has 3 nitrogen and oxygen atoms in total. The maximum Gasteiger partial charge on any atom is 0.129 e. The average Bonchev–Trinajstić information content (AvgIpc) is 3.17. The molecule has 1 saturated heterocycles. The van der Waals surface area contributed by atoms with Crippen molar-refractivity contribution in [2.45, 2.75) is 50.9 Å². The zero-order valence-electron chi connectivity index (χ0n) is 12.2. The van der Waals surface area contributed by atoms with Crippen molar-refractivity contribution in [2.24, 2.45) is 0 Å². The fourth-order valence-corrected chi connectivity index (χ4v) is 2.99. The molecule has 4 heteroatoms. The quantitative estimate of drug-likeness (QED) is 0.896. The van der Waals surface area contributed by atoms with Crippen LogP contribution in [0.2, 0.25) is 0 Å². The SMILES string of the molecule is CC1OCCC1N(C)c1cccc(F)c1CNC1CC1. The highest BCUT2D eigenvalue weighted by molar-refractivity contribution is 5.54. The van der Waals surface area contributed by atoms with Gasteiger partial charge in [0, 0.05) is 37.5 Å². The van der Waals surface area contributed by atoms with Crippen molar-refractivity contribution in [1.29, 1.82) is 0 Å². The Hall–Kier alpha value is -1.13. The van der Waals surface area contributed by atoms with Gasteiger partial charge in [-0.3, -0.25) is 0 Å². The molecule has 1 saturated carbocycles. The predicted molar refractivity (Wildman–Crippen MR) is 78.5 cm³/mol. The van der Waals surface area contributed by atoms with E-state index in [1.54, 1.807) is 12.1 Å². The van der Waals surface area contributed by atoms with Crippen molar-refractivity contribution < 1.29 is 9.13 Å². The standard InChI is InChI=1S/C16H23FN2O/c1-11-15(8-9-20-11)19(2)16-5-3-4-14(17)13(16)10-18-12-6-7-12/h3-5,11-12,15,18H,6-10H2,1-2H3. The van der Waals surface area contributed by atoms with Gasteiger partial charge in [0.25, 0.3) is 0 Å². The summed E-state index contributed by atoms with van der Waals surface area (Å²) in [7, 11) is 2.05. The van der Waals surface area contributed by atoms with Crippen LogP contribution < -0.4 is 10.2 Å². The van der Waals surface area contributed by atoms with Gasteiger partial charge in [0.15, 0.2) is 0 Å². The van der Waals surface area contributed by atoms with Crippen LogP contribution in [-0.2, 0) is 11.3 Å². The van der Waals surface area contributed by atoms with Gasteiger partial charge < -0.3 is 15.0 Å². The summed E-state index contributed by atoms with van der Waals surface area (Å²) in [5.41, 5.74) is 1.77. The zero-order valence-corrected chi connectivity index (χ0v) is 12.2. The number of likely N-dealkylation sites (N-methyl/N-ethyl adjacent to an activating group) is 1. The van der Waals surface area contributed by atoms with Gasteiger partial charge >= 0.3 is 0 Å². The third-order valence-electron chi connectivity index (χ3n) is 4.45. The summed E-state index contributed by atoms with van der Waals surface area (Å²) in [6.45, 7) is 3.50.